The maximum atomic E-state index is 9.44. The topological polar surface area (TPSA) is 56.9 Å². The number of pyridine rings is 1. The Morgan fingerprint density at radius 1 is 1.43 bits per heavy atom. The molecule has 68 valence electrons. The number of aromatic nitrogens is 1. The van der Waals surface area contributed by atoms with Crippen LogP contribution in [-0.2, 0) is 0 Å². The molecule has 2 rings (SSSR count). The molecule has 0 atom stereocenters. The van der Waals surface area contributed by atoms with Crippen LogP contribution in [0.15, 0.2) is 24.4 Å². The number of nitrogens with zero attached hydrogens (tertiary/aromatic N) is 2. The van der Waals surface area contributed by atoms with Gasteiger partial charge in [0, 0.05) is 10.9 Å². The highest BCUT2D eigenvalue weighted by Gasteiger charge is 2.03. The average molecular weight is 184 g/mol. The number of fused-ring (bicyclic) bond motifs is 1. The minimum Gasteiger partial charge on any atom is -0.506 e. The number of nitriles is 1. The number of rotatable bonds is 0. The average Bonchev–Trinajstić information content (AvgIpc) is 2.23. The third kappa shape index (κ3) is 1.17. The molecule has 1 N–H and O–H groups in total. The zero-order chi connectivity index (χ0) is 10.1. The van der Waals surface area contributed by atoms with Crippen molar-refractivity contribution in [3.63, 3.8) is 0 Å². The summed E-state index contributed by atoms with van der Waals surface area (Å²) in [5, 5.41) is 19.0. The molecular weight excluding hydrogens is 176 g/mol. The van der Waals surface area contributed by atoms with Gasteiger partial charge in [0.05, 0.1) is 23.3 Å². The van der Waals surface area contributed by atoms with Crippen molar-refractivity contribution in [2.45, 2.75) is 6.92 Å². The minimum absolute atomic E-state index is 0.160. The van der Waals surface area contributed by atoms with E-state index in [2.05, 4.69) is 11.1 Å². The van der Waals surface area contributed by atoms with Crippen molar-refractivity contribution in [1.29, 1.82) is 5.26 Å². The van der Waals surface area contributed by atoms with E-state index in [4.69, 9.17) is 5.26 Å². The van der Waals surface area contributed by atoms with Crippen LogP contribution < -0.4 is 0 Å². The van der Waals surface area contributed by atoms with Gasteiger partial charge >= 0.3 is 0 Å². The molecule has 0 aliphatic heterocycles. The van der Waals surface area contributed by atoms with Crippen LogP contribution >= 0.6 is 0 Å². The molecule has 1 aromatic heterocycles. The second kappa shape index (κ2) is 3.00. The normalized spacial score (nSPS) is 10.0. The fraction of sp³-hybridized carbons (Fsp3) is 0.0909. The monoisotopic (exact) mass is 184 g/mol. The lowest BCUT2D eigenvalue weighted by Crippen LogP contribution is -1.85. The Balaban J connectivity index is 2.86. The standard InChI is InChI=1S/C11H8N2O/c1-7-9-4-8(5-12)2-3-10(9)13-6-11(7)14/h2-4,6,14H,1H3. The van der Waals surface area contributed by atoms with Crippen LogP contribution in [0.25, 0.3) is 10.9 Å². The summed E-state index contributed by atoms with van der Waals surface area (Å²) < 4.78 is 0. The Kier molecular flexibility index (Phi) is 1.83. The Morgan fingerprint density at radius 2 is 2.21 bits per heavy atom. The van der Waals surface area contributed by atoms with Crippen LogP contribution in [0.3, 0.4) is 0 Å². The second-order valence-corrected chi connectivity index (χ2v) is 3.11. The van der Waals surface area contributed by atoms with E-state index in [1.165, 1.54) is 6.20 Å². The molecule has 2 aromatic rings. The summed E-state index contributed by atoms with van der Waals surface area (Å²) in [6.45, 7) is 1.81. The van der Waals surface area contributed by atoms with Crippen molar-refractivity contribution in [3.05, 3.63) is 35.5 Å². The fourth-order valence-corrected chi connectivity index (χ4v) is 1.38. The number of aryl methyl sites for hydroxylation is 1. The summed E-state index contributed by atoms with van der Waals surface area (Å²) in [6.07, 6.45) is 1.42. The molecule has 0 saturated carbocycles. The van der Waals surface area contributed by atoms with Gasteiger partial charge in [-0.1, -0.05) is 0 Å². The third-order valence-electron chi connectivity index (χ3n) is 2.24. The zero-order valence-electron chi connectivity index (χ0n) is 7.65. The van der Waals surface area contributed by atoms with Crippen molar-refractivity contribution >= 4 is 10.9 Å². The van der Waals surface area contributed by atoms with Gasteiger partial charge in [0.25, 0.3) is 0 Å². The van der Waals surface area contributed by atoms with E-state index in [1.54, 1.807) is 25.1 Å². The molecule has 0 bridgehead atoms. The summed E-state index contributed by atoms with van der Waals surface area (Å²) in [5.74, 6) is 0.160. The number of aromatic hydroxyl groups is 1. The molecule has 0 saturated heterocycles. The minimum atomic E-state index is 0.160. The van der Waals surface area contributed by atoms with Crippen molar-refractivity contribution in [3.8, 4) is 11.8 Å². The second-order valence-electron chi connectivity index (χ2n) is 3.11. The van der Waals surface area contributed by atoms with Gasteiger partial charge in [0.2, 0.25) is 0 Å². The van der Waals surface area contributed by atoms with Crippen LogP contribution in [0.4, 0.5) is 0 Å². The first-order valence-corrected chi connectivity index (χ1v) is 4.21. The molecule has 0 radical (unpaired) electrons. The summed E-state index contributed by atoms with van der Waals surface area (Å²) in [7, 11) is 0. The van der Waals surface area contributed by atoms with Crippen molar-refractivity contribution in [2.75, 3.05) is 0 Å². The lowest BCUT2D eigenvalue weighted by molar-refractivity contribution is 0.470. The number of hydrogen-bond acceptors (Lipinski definition) is 3. The molecular formula is C11H8N2O. The fourth-order valence-electron chi connectivity index (χ4n) is 1.38. The van der Waals surface area contributed by atoms with Gasteiger partial charge in [0.1, 0.15) is 5.75 Å². The third-order valence-corrected chi connectivity index (χ3v) is 2.24. The highest BCUT2D eigenvalue weighted by molar-refractivity contribution is 5.84. The lowest BCUT2D eigenvalue weighted by Gasteiger charge is -2.03. The molecule has 0 amide bonds. The van der Waals surface area contributed by atoms with Gasteiger partial charge in [0.15, 0.2) is 0 Å². The smallest absolute Gasteiger partial charge is 0.137 e. The van der Waals surface area contributed by atoms with Gasteiger partial charge < -0.3 is 5.11 Å². The maximum absolute atomic E-state index is 9.44. The molecule has 14 heavy (non-hydrogen) atoms. The number of hydrogen-bond donors (Lipinski definition) is 1. The van der Waals surface area contributed by atoms with Crippen molar-refractivity contribution in [1.82, 2.24) is 4.98 Å². The zero-order valence-corrected chi connectivity index (χ0v) is 7.65. The predicted molar refractivity (Wildman–Crippen MR) is 52.9 cm³/mol. The van der Waals surface area contributed by atoms with Gasteiger partial charge in [-0.25, -0.2) is 0 Å². The molecule has 1 aromatic carbocycles. The Bertz CT molecular complexity index is 541. The Labute approximate surface area is 81.2 Å². The first-order chi connectivity index (χ1) is 6.72. The molecule has 1 heterocycles. The predicted octanol–water partition coefficient (Wildman–Crippen LogP) is 2.12. The van der Waals surface area contributed by atoms with E-state index in [-0.39, 0.29) is 5.75 Å². The SMILES string of the molecule is Cc1c(O)cnc2ccc(C#N)cc12. The van der Waals surface area contributed by atoms with Gasteiger partial charge in [-0.05, 0) is 25.1 Å². The van der Waals surface area contributed by atoms with Gasteiger partial charge in [-0.15, -0.1) is 0 Å². The van der Waals surface area contributed by atoms with Crippen LogP contribution in [0.2, 0.25) is 0 Å². The highest BCUT2D eigenvalue weighted by Crippen LogP contribution is 2.24. The molecule has 0 aliphatic rings. The van der Waals surface area contributed by atoms with Gasteiger partial charge in [-0.2, -0.15) is 5.26 Å². The largest absolute Gasteiger partial charge is 0.506 e. The van der Waals surface area contributed by atoms with Crippen molar-refractivity contribution < 1.29 is 5.11 Å². The molecule has 0 aliphatic carbocycles. The summed E-state index contributed by atoms with van der Waals surface area (Å²) in [6, 6.07) is 7.28. The Morgan fingerprint density at radius 3 is 2.93 bits per heavy atom. The van der Waals surface area contributed by atoms with Crippen LogP contribution in [0.5, 0.6) is 5.75 Å². The maximum Gasteiger partial charge on any atom is 0.137 e. The van der Waals surface area contributed by atoms with Crippen LogP contribution in [0.1, 0.15) is 11.1 Å². The Hall–Kier alpha value is -2.08. The molecule has 0 spiro atoms. The highest BCUT2D eigenvalue weighted by atomic mass is 16.3. The van der Waals surface area contributed by atoms with E-state index < -0.39 is 0 Å². The molecule has 3 heteroatoms. The summed E-state index contributed by atoms with van der Waals surface area (Å²) in [4.78, 5) is 4.06. The first kappa shape index (κ1) is 8.52. The summed E-state index contributed by atoms with van der Waals surface area (Å²) >= 11 is 0. The van der Waals surface area contributed by atoms with Crippen LogP contribution in [-0.4, -0.2) is 10.1 Å². The van der Waals surface area contributed by atoms with E-state index >= 15 is 0 Å². The summed E-state index contributed by atoms with van der Waals surface area (Å²) in [5.41, 5.74) is 2.12. The quantitative estimate of drug-likeness (QED) is 0.682. The molecule has 0 unspecified atom stereocenters. The lowest BCUT2D eigenvalue weighted by atomic mass is 10.1. The van der Waals surface area contributed by atoms with E-state index in [1.807, 2.05) is 0 Å². The van der Waals surface area contributed by atoms with Crippen molar-refractivity contribution in [2.24, 2.45) is 0 Å². The van der Waals surface area contributed by atoms with E-state index in [0.717, 1.165) is 16.5 Å². The molecule has 3 nitrogen and oxygen atoms in total. The number of benzene rings is 1. The van der Waals surface area contributed by atoms with Gasteiger partial charge in [-0.3, -0.25) is 4.98 Å². The first-order valence-electron chi connectivity index (χ1n) is 4.21. The van der Waals surface area contributed by atoms with Crippen LogP contribution in [0, 0.1) is 18.3 Å². The molecule has 0 fully saturated rings. The van der Waals surface area contributed by atoms with E-state index in [9.17, 15) is 5.11 Å². The van der Waals surface area contributed by atoms with E-state index in [0.29, 0.717) is 5.56 Å².